The SMILES string of the molecule is CNc1nc2cc(Sc3nnc4n3N=C(C)C3CCC43)c(C)cc2[nH]1. The molecule has 1 aromatic carbocycles. The zero-order chi connectivity index (χ0) is 17.1. The first-order chi connectivity index (χ1) is 12.1. The van der Waals surface area contributed by atoms with Gasteiger partial charge in [0.1, 0.15) is 0 Å². The maximum absolute atomic E-state index is 4.75. The van der Waals surface area contributed by atoms with Crippen LogP contribution in [0.2, 0.25) is 0 Å². The number of aryl methyl sites for hydroxylation is 1. The van der Waals surface area contributed by atoms with Gasteiger partial charge >= 0.3 is 0 Å². The van der Waals surface area contributed by atoms with Crippen LogP contribution in [0.25, 0.3) is 11.0 Å². The van der Waals surface area contributed by atoms with Gasteiger partial charge in [0.15, 0.2) is 5.82 Å². The molecule has 2 unspecified atom stereocenters. The van der Waals surface area contributed by atoms with Crippen molar-refractivity contribution in [3.05, 3.63) is 23.5 Å². The number of hydrogen-bond donors (Lipinski definition) is 2. The van der Waals surface area contributed by atoms with Gasteiger partial charge in [0, 0.05) is 29.5 Å². The van der Waals surface area contributed by atoms with E-state index < -0.39 is 0 Å². The van der Waals surface area contributed by atoms with Gasteiger partial charge in [-0.05, 0) is 56.1 Å². The summed E-state index contributed by atoms with van der Waals surface area (Å²) in [6.07, 6.45) is 2.41. The van der Waals surface area contributed by atoms with Gasteiger partial charge in [-0.2, -0.15) is 9.78 Å². The second-order valence-corrected chi connectivity index (χ2v) is 7.77. The number of rotatable bonds is 3. The molecule has 2 N–H and O–H groups in total. The Morgan fingerprint density at radius 2 is 2.04 bits per heavy atom. The molecule has 1 saturated carbocycles. The quantitative estimate of drug-likeness (QED) is 0.754. The van der Waals surface area contributed by atoms with E-state index in [2.05, 4.69) is 51.5 Å². The number of imidazole rings is 1. The summed E-state index contributed by atoms with van der Waals surface area (Å²) in [6, 6.07) is 4.22. The van der Waals surface area contributed by atoms with Crippen LogP contribution in [-0.2, 0) is 0 Å². The van der Waals surface area contributed by atoms with E-state index in [0.29, 0.717) is 11.8 Å². The largest absolute Gasteiger partial charge is 0.359 e. The Labute approximate surface area is 149 Å². The molecule has 5 rings (SSSR count). The van der Waals surface area contributed by atoms with Crippen molar-refractivity contribution in [3.63, 3.8) is 0 Å². The third kappa shape index (κ3) is 2.20. The number of aromatic nitrogens is 5. The molecule has 1 aliphatic heterocycles. The first kappa shape index (κ1) is 14.9. The molecule has 2 aliphatic rings. The van der Waals surface area contributed by atoms with Crippen molar-refractivity contribution in [2.45, 2.75) is 42.7 Å². The van der Waals surface area contributed by atoms with Gasteiger partial charge in [-0.25, -0.2) is 4.98 Å². The summed E-state index contributed by atoms with van der Waals surface area (Å²) in [5.41, 5.74) is 4.35. The summed E-state index contributed by atoms with van der Waals surface area (Å²) < 4.78 is 1.94. The standard InChI is InChI=1S/C17H19N7S/c1-8-6-12-13(20-16(18-3)19-12)7-14(8)25-17-22-21-15-11-5-4-10(11)9(2)23-24(15)17/h6-7,10-11H,4-5H2,1-3H3,(H2,18,19,20). The van der Waals surface area contributed by atoms with E-state index in [-0.39, 0.29) is 0 Å². The minimum Gasteiger partial charge on any atom is -0.359 e. The van der Waals surface area contributed by atoms with Crippen molar-refractivity contribution in [3.8, 4) is 0 Å². The number of fused-ring (bicyclic) bond motifs is 4. The van der Waals surface area contributed by atoms with E-state index in [1.165, 1.54) is 24.1 Å². The summed E-state index contributed by atoms with van der Waals surface area (Å²) >= 11 is 1.60. The zero-order valence-electron chi connectivity index (χ0n) is 14.4. The van der Waals surface area contributed by atoms with Gasteiger partial charge in [-0.3, -0.25) is 0 Å². The zero-order valence-corrected chi connectivity index (χ0v) is 15.2. The molecule has 8 heteroatoms. The Morgan fingerprint density at radius 1 is 1.20 bits per heavy atom. The van der Waals surface area contributed by atoms with Crippen LogP contribution in [0.15, 0.2) is 27.3 Å². The molecule has 25 heavy (non-hydrogen) atoms. The maximum Gasteiger partial charge on any atom is 0.216 e. The van der Waals surface area contributed by atoms with Gasteiger partial charge in [-0.1, -0.05) is 0 Å². The minimum absolute atomic E-state index is 0.493. The van der Waals surface area contributed by atoms with Crippen LogP contribution in [-0.4, -0.2) is 37.6 Å². The summed E-state index contributed by atoms with van der Waals surface area (Å²) in [5.74, 6) is 2.84. The van der Waals surface area contributed by atoms with Gasteiger partial charge in [0.25, 0.3) is 0 Å². The molecule has 128 valence electrons. The predicted octanol–water partition coefficient (Wildman–Crippen LogP) is 3.39. The van der Waals surface area contributed by atoms with Crippen molar-refractivity contribution in [1.82, 2.24) is 24.8 Å². The molecule has 2 atom stereocenters. The highest BCUT2D eigenvalue weighted by atomic mass is 32.2. The third-order valence-corrected chi connectivity index (χ3v) is 6.35. The van der Waals surface area contributed by atoms with Gasteiger partial charge in [-0.15, -0.1) is 10.2 Å². The topological polar surface area (TPSA) is 83.8 Å². The summed E-state index contributed by atoms with van der Waals surface area (Å²) in [6.45, 7) is 4.22. The van der Waals surface area contributed by atoms with Crippen LogP contribution in [0.3, 0.4) is 0 Å². The van der Waals surface area contributed by atoms with Crippen molar-refractivity contribution in [2.24, 2.45) is 11.0 Å². The monoisotopic (exact) mass is 353 g/mol. The number of nitrogens with zero attached hydrogens (tertiary/aromatic N) is 5. The smallest absolute Gasteiger partial charge is 0.216 e. The fraction of sp³-hybridized carbons (Fsp3) is 0.412. The molecule has 3 heterocycles. The predicted molar refractivity (Wildman–Crippen MR) is 98.5 cm³/mol. The van der Waals surface area contributed by atoms with Gasteiger partial charge in [0.05, 0.1) is 11.0 Å². The lowest BCUT2D eigenvalue weighted by molar-refractivity contribution is 0.300. The lowest BCUT2D eigenvalue weighted by Crippen LogP contribution is -2.35. The average molecular weight is 353 g/mol. The van der Waals surface area contributed by atoms with Crippen LogP contribution >= 0.6 is 11.8 Å². The molecule has 0 spiro atoms. The minimum atomic E-state index is 0.493. The van der Waals surface area contributed by atoms with E-state index in [0.717, 1.165) is 32.9 Å². The van der Waals surface area contributed by atoms with Crippen LogP contribution in [0.5, 0.6) is 0 Å². The van der Waals surface area contributed by atoms with Crippen molar-refractivity contribution >= 4 is 34.5 Å². The van der Waals surface area contributed by atoms with E-state index in [1.807, 2.05) is 11.7 Å². The summed E-state index contributed by atoms with van der Waals surface area (Å²) in [7, 11) is 1.86. The molecular formula is C17H19N7S. The lowest BCUT2D eigenvalue weighted by atomic mass is 9.70. The molecular weight excluding hydrogens is 334 g/mol. The van der Waals surface area contributed by atoms with Crippen LogP contribution in [0.1, 0.15) is 37.1 Å². The van der Waals surface area contributed by atoms with Gasteiger partial charge in [0.2, 0.25) is 11.1 Å². The number of hydrogen-bond acceptors (Lipinski definition) is 6. The molecule has 0 amide bonds. The molecule has 0 saturated heterocycles. The lowest BCUT2D eigenvalue weighted by Gasteiger charge is -2.38. The molecule has 7 nitrogen and oxygen atoms in total. The molecule has 2 aromatic heterocycles. The fourth-order valence-corrected chi connectivity index (χ4v) is 4.57. The van der Waals surface area contributed by atoms with Crippen molar-refractivity contribution in [1.29, 1.82) is 0 Å². The van der Waals surface area contributed by atoms with Crippen LogP contribution in [0.4, 0.5) is 5.95 Å². The second-order valence-electron chi connectivity index (χ2n) is 6.76. The van der Waals surface area contributed by atoms with Crippen LogP contribution in [0, 0.1) is 12.8 Å². The Morgan fingerprint density at radius 3 is 2.80 bits per heavy atom. The van der Waals surface area contributed by atoms with E-state index in [9.17, 15) is 0 Å². The summed E-state index contributed by atoms with van der Waals surface area (Å²) in [4.78, 5) is 8.93. The van der Waals surface area contributed by atoms with E-state index in [1.54, 1.807) is 11.8 Å². The molecule has 0 radical (unpaired) electrons. The highest BCUT2D eigenvalue weighted by Gasteiger charge is 2.41. The van der Waals surface area contributed by atoms with E-state index in [4.69, 9.17) is 5.10 Å². The third-order valence-electron chi connectivity index (χ3n) is 5.25. The molecule has 1 fully saturated rings. The fourth-order valence-electron chi connectivity index (χ4n) is 3.68. The Hall–Kier alpha value is -2.35. The molecule has 3 aromatic rings. The highest BCUT2D eigenvalue weighted by Crippen LogP contribution is 2.46. The first-order valence-corrected chi connectivity index (χ1v) is 9.32. The Bertz CT molecular complexity index is 1020. The average Bonchev–Trinajstić information content (AvgIpc) is 3.11. The van der Waals surface area contributed by atoms with Gasteiger partial charge < -0.3 is 10.3 Å². The molecule has 1 aliphatic carbocycles. The first-order valence-electron chi connectivity index (χ1n) is 8.51. The highest BCUT2D eigenvalue weighted by molar-refractivity contribution is 7.99. The number of nitrogens with one attached hydrogen (secondary N) is 2. The van der Waals surface area contributed by atoms with E-state index >= 15 is 0 Å². The normalized spacial score (nSPS) is 21.5. The number of aromatic amines is 1. The number of H-pyrrole nitrogens is 1. The van der Waals surface area contributed by atoms with Crippen LogP contribution < -0.4 is 5.32 Å². The maximum atomic E-state index is 4.75. The Balaban J connectivity index is 1.54. The summed E-state index contributed by atoms with van der Waals surface area (Å²) in [5, 5.41) is 17.5. The number of benzene rings is 1. The number of anilines is 1. The van der Waals surface area contributed by atoms with Crippen molar-refractivity contribution < 1.29 is 0 Å². The van der Waals surface area contributed by atoms with Crippen molar-refractivity contribution in [2.75, 3.05) is 12.4 Å². The Kier molecular flexibility index (Phi) is 3.18. The molecule has 0 bridgehead atoms. The second kappa shape index (κ2) is 5.32.